The summed E-state index contributed by atoms with van der Waals surface area (Å²) in [6.07, 6.45) is 1.90. The lowest BCUT2D eigenvalue weighted by Crippen LogP contribution is -2.00. The molecule has 2 rings (SSSR count). The lowest BCUT2D eigenvalue weighted by Gasteiger charge is -2.04. The van der Waals surface area contributed by atoms with E-state index in [9.17, 15) is 0 Å². The van der Waals surface area contributed by atoms with Crippen molar-refractivity contribution in [2.45, 2.75) is 13.2 Å². The first-order valence-electron chi connectivity index (χ1n) is 5.20. The van der Waals surface area contributed by atoms with E-state index in [1.165, 1.54) is 5.56 Å². The van der Waals surface area contributed by atoms with E-state index < -0.39 is 0 Å². The van der Waals surface area contributed by atoms with E-state index in [-0.39, 0.29) is 6.61 Å². The third-order valence-corrected chi connectivity index (χ3v) is 2.39. The number of hydrogen-bond acceptors (Lipinski definition) is 3. The summed E-state index contributed by atoms with van der Waals surface area (Å²) in [5.74, 6) is 0.869. The average Bonchev–Trinajstić information content (AvgIpc) is 2.73. The Morgan fingerprint density at radius 1 is 1.19 bits per heavy atom. The van der Waals surface area contributed by atoms with Crippen molar-refractivity contribution < 1.29 is 5.11 Å². The van der Waals surface area contributed by atoms with Gasteiger partial charge < -0.3 is 10.4 Å². The van der Waals surface area contributed by atoms with Gasteiger partial charge in [0.15, 0.2) is 0 Å². The van der Waals surface area contributed by atoms with Crippen molar-refractivity contribution in [1.29, 1.82) is 0 Å². The predicted octanol–water partition coefficient (Wildman–Crippen LogP) is 1.52. The minimum Gasteiger partial charge on any atom is -0.392 e. The molecule has 0 amide bonds. The maximum Gasteiger partial charge on any atom is 0.148 e. The highest BCUT2D eigenvalue weighted by Gasteiger charge is 1.97. The molecular weight excluding hydrogens is 202 g/mol. The lowest BCUT2D eigenvalue weighted by molar-refractivity contribution is 0.282. The summed E-state index contributed by atoms with van der Waals surface area (Å²) < 4.78 is 1.76. The van der Waals surface area contributed by atoms with Crippen LogP contribution in [0.4, 0.5) is 5.82 Å². The van der Waals surface area contributed by atoms with E-state index in [1.54, 1.807) is 4.68 Å². The molecular formula is C12H15N3O. The molecule has 2 aromatic rings. The number of nitrogens with one attached hydrogen (secondary N) is 1. The second-order valence-electron chi connectivity index (χ2n) is 3.70. The van der Waals surface area contributed by atoms with Gasteiger partial charge >= 0.3 is 0 Å². The Balaban J connectivity index is 1.94. The van der Waals surface area contributed by atoms with Crippen molar-refractivity contribution in [3.8, 4) is 0 Å². The van der Waals surface area contributed by atoms with Gasteiger partial charge in [0.2, 0.25) is 0 Å². The maximum absolute atomic E-state index is 8.91. The molecule has 2 N–H and O–H groups in total. The van der Waals surface area contributed by atoms with Crippen molar-refractivity contribution in [3.63, 3.8) is 0 Å². The van der Waals surface area contributed by atoms with E-state index in [0.29, 0.717) is 0 Å². The number of aryl methyl sites for hydroxylation is 1. The van der Waals surface area contributed by atoms with Crippen LogP contribution in [-0.4, -0.2) is 14.9 Å². The van der Waals surface area contributed by atoms with Crippen molar-refractivity contribution in [2.75, 3.05) is 5.32 Å². The largest absolute Gasteiger partial charge is 0.392 e. The van der Waals surface area contributed by atoms with Crippen LogP contribution in [0.25, 0.3) is 0 Å². The molecule has 0 saturated heterocycles. The van der Waals surface area contributed by atoms with Crippen LogP contribution in [0.1, 0.15) is 11.1 Å². The molecule has 0 radical (unpaired) electrons. The van der Waals surface area contributed by atoms with Gasteiger partial charge in [0, 0.05) is 25.9 Å². The molecule has 84 valence electrons. The molecule has 1 aromatic carbocycles. The van der Waals surface area contributed by atoms with Crippen LogP contribution < -0.4 is 5.32 Å². The summed E-state index contributed by atoms with van der Waals surface area (Å²) in [5.41, 5.74) is 2.10. The second-order valence-corrected chi connectivity index (χ2v) is 3.70. The van der Waals surface area contributed by atoms with Gasteiger partial charge in [0.1, 0.15) is 5.82 Å². The quantitative estimate of drug-likeness (QED) is 0.816. The van der Waals surface area contributed by atoms with E-state index in [0.717, 1.165) is 17.9 Å². The van der Waals surface area contributed by atoms with E-state index in [1.807, 2.05) is 43.6 Å². The molecule has 0 saturated carbocycles. The highest BCUT2D eigenvalue weighted by molar-refractivity contribution is 5.34. The molecule has 0 atom stereocenters. The molecule has 1 heterocycles. The molecule has 0 fully saturated rings. The molecule has 0 aliphatic rings. The molecule has 1 aromatic heterocycles. The van der Waals surface area contributed by atoms with Crippen LogP contribution >= 0.6 is 0 Å². The van der Waals surface area contributed by atoms with Crippen LogP contribution in [0.5, 0.6) is 0 Å². The Morgan fingerprint density at radius 3 is 2.44 bits per heavy atom. The first kappa shape index (κ1) is 10.7. The molecule has 0 unspecified atom stereocenters. The van der Waals surface area contributed by atoms with Crippen molar-refractivity contribution in [2.24, 2.45) is 7.05 Å². The molecule has 16 heavy (non-hydrogen) atoms. The third kappa shape index (κ3) is 2.61. The van der Waals surface area contributed by atoms with Crippen LogP contribution in [-0.2, 0) is 20.2 Å². The summed E-state index contributed by atoms with van der Waals surface area (Å²) in [7, 11) is 1.89. The zero-order valence-corrected chi connectivity index (χ0v) is 9.22. The smallest absolute Gasteiger partial charge is 0.148 e. The molecule has 0 aliphatic carbocycles. The first-order chi connectivity index (χ1) is 7.78. The Hall–Kier alpha value is -1.81. The number of hydrogen-bond donors (Lipinski definition) is 2. The van der Waals surface area contributed by atoms with Crippen LogP contribution in [0, 0.1) is 0 Å². The average molecular weight is 217 g/mol. The minimum atomic E-state index is 0.0912. The summed E-state index contributed by atoms with van der Waals surface area (Å²) in [5, 5.41) is 16.4. The molecule has 0 bridgehead atoms. The fourth-order valence-corrected chi connectivity index (χ4v) is 1.46. The molecule has 0 aliphatic heterocycles. The minimum absolute atomic E-state index is 0.0912. The molecule has 4 heteroatoms. The Bertz CT molecular complexity index is 448. The van der Waals surface area contributed by atoms with Crippen molar-refractivity contribution in [3.05, 3.63) is 47.7 Å². The Morgan fingerprint density at radius 2 is 1.88 bits per heavy atom. The second kappa shape index (κ2) is 4.81. The van der Waals surface area contributed by atoms with Gasteiger partial charge in [-0.3, -0.25) is 4.68 Å². The van der Waals surface area contributed by atoms with E-state index in [2.05, 4.69) is 10.4 Å². The Kier molecular flexibility index (Phi) is 3.22. The number of nitrogens with zero attached hydrogens (tertiary/aromatic N) is 2. The predicted molar refractivity (Wildman–Crippen MR) is 62.9 cm³/mol. The topological polar surface area (TPSA) is 50.1 Å². The van der Waals surface area contributed by atoms with Gasteiger partial charge in [-0.1, -0.05) is 24.3 Å². The number of benzene rings is 1. The summed E-state index contributed by atoms with van der Waals surface area (Å²) >= 11 is 0. The number of aliphatic hydroxyl groups excluding tert-OH is 1. The normalized spacial score (nSPS) is 10.4. The van der Waals surface area contributed by atoms with Gasteiger partial charge in [0.25, 0.3) is 0 Å². The van der Waals surface area contributed by atoms with Crippen LogP contribution in [0.2, 0.25) is 0 Å². The lowest BCUT2D eigenvalue weighted by atomic mass is 10.1. The maximum atomic E-state index is 8.91. The summed E-state index contributed by atoms with van der Waals surface area (Å²) in [6.45, 7) is 0.830. The van der Waals surface area contributed by atoms with E-state index >= 15 is 0 Å². The van der Waals surface area contributed by atoms with Crippen molar-refractivity contribution in [1.82, 2.24) is 9.78 Å². The zero-order chi connectivity index (χ0) is 11.4. The fourth-order valence-electron chi connectivity index (χ4n) is 1.46. The number of aliphatic hydroxyl groups is 1. The number of aromatic nitrogens is 2. The van der Waals surface area contributed by atoms with Gasteiger partial charge in [-0.15, -0.1) is 0 Å². The SMILES string of the molecule is Cn1ccc(NCc2ccc(CO)cc2)n1. The standard InChI is InChI=1S/C12H15N3O/c1-15-7-6-12(14-15)13-8-10-2-4-11(9-16)5-3-10/h2-7,16H,8-9H2,1H3,(H,13,14). The monoisotopic (exact) mass is 217 g/mol. The highest BCUT2D eigenvalue weighted by atomic mass is 16.3. The first-order valence-corrected chi connectivity index (χ1v) is 5.20. The zero-order valence-electron chi connectivity index (χ0n) is 9.22. The Labute approximate surface area is 94.5 Å². The number of rotatable bonds is 4. The van der Waals surface area contributed by atoms with Gasteiger partial charge in [-0.05, 0) is 11.1 Å². The summed E-state index contributed by atoms with van der Waals surface area (Å²) in [4.78, 5) is 0. The van der Waals surface area contributed by atoms with Crippen molar-refractivity contribution >= 4 is 5.82 Å². The molecule has 4 nitrogen and oxygen atoms in total. The summed E-state index contributed by atoms with van der Waals surface area (Å²) in [6, 6.07) is 9.79. The van der Waals surface area contributed by atoms with Crippen LogP contribution in [0.15, 0.2) is 36.5 Å². The van der Waals surface area contributed by atoms with Gasteiger partial charge in [-0.2, -0.15) is 5.10 Å². The third-order valence-electron chi connectivity index (χ3n) is 2.39. The number of anilines is 1. The van der Waals surface area contributed by atoms with Gasteiger partial charge in [-0.25, -0.2) is 0 Å². The van der Waals surface area contributed by atoms with E-state index in [4.69, 9.17) is 5.11 Å². The highest BCUT2D eigenvalue weighted by Crippen LogP contribution is 2.07. The van der Waals surface area contributed by atoms with Crippen LogP contribution in [0.3, 0.4) is 0 Å². The molecule has 0 spiro atoms. The fraction of sp³-hybridized carbons (Fsp3) is 0.250. The van der Waals surface area contributed by atoms with Gasteiger partial charge in [0.05, 0.1) is 6.61 Å².